The zero-order valence-electron chi connectivity index (χ0n) is 23.3. The molecule has 2 fully saturated rings. The van der Waals surface area contributed by atoms with E-state index in [2.05, 4.69) is 47.0 Å². The van der Waals surface area contributed by atoms with E-state index < -0.39 is 5.97 Å². The molecule has 6 heterocycles. The number of morpholine rings is 1. The van der Waals surface area contributed by atoms with Gasteiger partial charge in [0.05, 0.1) is 53.4 Å². The topological polar surface area (TPSA) is 125 Å². The van der Waals surface area contributed by atoms with Crippen LogP contribution >= 0.6 is 11.3 Å². The second kappa shape index (κ2) is 11.6. The quantitative estimate of drug-likeness (QED) is 0.282. The molecular weight excluding hydrogens is 554 g/mol. The number of aromatic amines is 1. The summed E-state index contributed by atoms with van der Waals surface area (Å²) in [4.78, 5) is 38.4. The molecule has 12 nitrogen and oxygen atoms in total. The second-order valence-corrected chi connectivity index (χ2v) is 11.5. The van der Waals surface area contributed by atoms with E-state index in [4.69, 9.17) is 19.4 Å². The molecule has 0 aliphatic carbocycles. The lowest BCUT2D eigenvalue weighted by Gasteiger charge is -2.34. The number of aromatic nitrogens is 6. The first kappa shape index (κ1) is 26.7. The maximum absolute atomic E-state index is 11.9. The lowest BCUT2D eigenvalue weighted by atomic mass is 10.0. The van der Waals surface area contributed by atoms with Crippen molar-refractivity contribution in [3.63, 3.8) is 0 Å². The Hall–Kier alpha value is -4.20. The van der Waals surface area contributed by atoms with Crippen LogP contribution in [0.2, 0.25) is 0 Å². The van der Waals surface area contributed by atoms with E-state index in [1.807, 2.05) is 24.5 Å². The fraction of sp³-hybridized carbons (Fsp3) is 0.379. The Balaban J connectivity index is 0.980. The van der Waals surface area contributed by atoms with E-state index in [1.165, 1.54) is 17.3 Å². The molecule has 5 aromatic rings. The summed E-state index contributed by atoms with van der Waals surface area (Å²) < 4.78 is 12.3. The molecule has 1 N–H and O–H groups in total. The number of ether oxygens (including phenoxy) is 2. The lowest BCUT2D eigenvalue weighted by molar-refractivity contribution is 0.0402. The molecule has 42 heavy (non-hydrogen) atoms. The van der Waals surface area contributed by atoms with Crippen LogP contribution in [0.15, 0.2) is 49.1 Å². The average molecular weight is 586 g/mol. The van der Waals surface area contributed by atoms with Gasteiger partial charge < -0.3 is 19.3 Å². The van der Waals surface area contributed by atoms with Crippen LogP contribution in [0, 0.1) is 0 Å². The molecule has 0 bridgehead atoms. The summed E-state index contributed by atoms with van der Waals surface area (Å²) in [5.74, 6) is 0.979. The molecule has 1 unspecified atom stereocenters. The van der Waals surface area contributed by atoms with Crippen molar-refractivity contribution >= 4 is 50.3 Å². The highest BCUT2D eigenvalue weighted by molar-refractivity contribution is 7.18. The van der Waals surface area contributed by atoms with Crippen LogP contribution in [0.25, 0.3) is 21.1 Å². The molecule has 0 saturated carbocycles. The van der Waals surface area contributed by atoms with Crippen molar-refractivity contribution in [3.8, 4) is 0 Å². The van der Waals surface area contributed by atoms with E-state index >= 15 is 0 Å². The van der Waals surface area contributed by atoms with Crippen LogP contribution in [-0.4, -0.2) is 93.5 Å². The Bertz CT molecular complexity index is 1700. The number of fused-ring (bicyclic) bond motifs is 2. The number of hydrogen-bond acceptors (Lipinski definition) is 12. The van der Waals surface area contributed by atoms with Gasteiger partial charge in [0, 0.05) is 61.9 Å². The Morgan fingerprint density at radius 2 is 1.88 bits per heavy atom. The van der Waals surface area contributed by atoms with E-state index in [9.17, 15) is 4.79 Å². The molecule has 7 rings (SSSR count). The van der Waals surface area contributed by atoms with Crippen LogP contribution in [0.5, 0.6) is 0 Å². The van der Waals surface area contributed by atoms with Crippen LogP contribution in [0.3, 0.4) is 0 Å². The molecule has 1 atom stereocenters. The summed E-state index contributed by atoms with van der Waals surface area (Å²) in [7, 11) is 0. The second-order valence-electron chi connectivity index (χ2n) is 10.4. The van der Waals surface area contributed by atoms with Crippen LogP contribution < -0.4 is 9.80 Å². The van der Waals surface area contributed by atoms with Crippen LogP contribution in [-0.2, 0) is 16.0 Å². The molecule has 0 spiro atoms. The molecule has 2 saturated heterocycles. The van der Waals surface area contributed by atoms with Gasteiger partial charge in [-0.05, 0) is 24.6 Å². The zero-order chi connectivity index (χ0) is 28.5. The van der Waals surface area contributed by atoms with Gasteiger partial charge in [0.1, 0.15) is 6.10 Å². The summed E-state index contributed by atoms with van der Waals surface area (Å²) in [5, 5.41) is 8.33. The van der Waals surface area contributed by atoms with Gasteiger partial charge in [-0.1, -0.05) is 12.1 Å². The SMILES string of the molecule is CCOC(=O)c1cnc(N2CCN(Cc3cc4nc(N5CCOC(c6cccc7[nH]ncc67)C5)ncc4s3)CC2)nc1. The van der Waals surface area contributed by atoms with Gasteiger partial charge in [-0.25, -0.2) is 24.7 Å². The van der Waals surface area contributed by atoms with Crippen molar-refractivity contribution in [1.82, 2.24) is 35.0 Å². The van der Waals surface area contributed by atoms with Crippen LogP contribution in [0.1, 0.15) is 33.8 Å². The number of esters is 1. The molecule has 0 radical (unpaired) electrons. The smallest absolute Gasteiger partial charge is 0.341 e. The van der Waals surface area contributed by atoms with Crippen molar-refractivity contribution in [2.24, 2.45) is 0 Å². The first-order valence-corrected chi connectivity index (χ1v) is 15.0. The Morgan fingerprint density at radius 3 is 2.71 bits per heavy atom. The summed E-state index contributed by atoms with van der Waals surface area (Å²) in [6.45, 7) is 8.45. The predicted molar refractivity (Wildman–Crippen MR) is 160 cm³/mol. The third-order valence-electron chi connectivity index (χ3n) is 7.71. The van der Waals surface area contributed by atoms with Gasteiger partial charge in [0.25, 0.3) is 0 Å². The molecule has 1 aromatic carbocycles. The monoisotopic (exact) mass is 585 g/mol. The Labute approximate surface area is 246 Å². The van der Waals surface area contributed by atoms with Gasteiger partial charge in [-0.15, -0.1) is 11.3 Å². The van der Waals surface area contributed by atoms with Crippen molar-refractivity contribution in [3.05, 3.63) is 65.1 Å². The van der Waals surface area contributed by atoms with Gasteiger partial charge in [-0.2, -0.15) is 5.10 Å². The minimum atomic E-state index is -0.397. The molecule has 216 valence electrons. The van der Waals surface area contributed by atoms with Crippen molar-refractivity contribution in [2.45, 2.75) is 19.6 Å². The molecule has 13 heteroatoms. The number of rotatable bonds is 7. The lowest BCUT2D eigenvalue weighted by Crippen LogP contribution is -2.46. The van der Waals surface area contributed by atoms with Gasteiger partial charge in [0.2, 0.25) is 11.9 Å². The highest BCUT2D eigenvalue weighted by atomic mass is 32.1. The van der Waals surface area contributed by atoms with Crippen molar-refractivity contribution in [1.29, 1.82) is 0 Å². The third kappa shape index (κ3) is 5.38. The van der Waals surface area contributed by atoms with Gasteiger partial charge in [-0.3, -0.25) is 10.00 Å². The van der Waals surface area contributed by atoms with E-state index in [1.54, 1.807) is 18.3 Å². The van der Waals surface area contributed by atoms with Gasteiger partial charge in [0.15, 0.2) is 0 Å². The molecule has 0 amide bonds. The largest absolute Gasteiger partial charge is 0.462 e. The number of benzene rings is 1. The number of anilines is 2. The van der Waals surface area contributed by atoms with E-state index in [-0.39, 0.29) is 6.10 Å². The minimum Gasteiger partial charge on any atom is -0.462 e. The normalized spacial score (nSPS) is 18.2. The standard InChI is InChI=1S/C29H31N9O3S/c1-2-40-27(39)19-13-30-28(31-14-19)37-8-6-36(7-9-37)17-20-12-24-26(42-20)16-32-29(34-24)38-10-11-41-25(18-38)21-4-3-5-23-22(21)15-33-35-23/h3-5,12-16,25H,2,6-11,17-18H2,1H3,(H,33,35). The predicted octanol–water partition coefficient (Wildman–Crippen LogP) is 3.43. The number of carbonyl (C=O) groups excluding carboxylic acids is 1. The molecule has 2 aliphatic heterocycles. The van der Waals surface area contributed by atoms with Gasteiger partial charge >= 0.3 is 5.97 Å². The average Bonchev–Trinajstić information content (AvgIpc) is 3.68. The highest BCUT2D eigenvalue weighted by Gasteiger charge is 2.26. The number of thiophene rings is 1. The Morgan fingerprint density at radius 1 is 1.05 bits per heavy atom. The number of hydrogen-bond donors (Lipinski definition) is 1. The number of nitrogens with zero attached hydrogens (tertiary/aromatic N) is 8. The zero-order valence-corrected chi connectivity index (χ0v) is 24.1. The third-order valence-corrected chi connectivity index (χ3v) is 8.75. The number of nitrogens with one attached hydrogen (secondary N) is 1. The molecule has 2 aliphatic rings. The summed E-state index contributed by atoms with van der Waals surface area (Å²) >= 11 is 1.75. The van der Waals surface area contributed by atoms with E-state index in [0.717, 1.165) is 71.9 Å². The summed E-state index contributed by atoms with van der Waals surface area (Å²) in [6, 6.07) is 8.36. The maximum Gasteiger partial charge on any atom is 0.341 e. The van der Waals surface area contributed by atoms with Crippen LogP contribution in [0.4, 0.5) is 11.9 Å². The Kier molecular flexibility index (Phi) is 7.36. The van der Waals surface area contributed by atoms with E-state index in [0.29, 0.717) is 31.3 Å². The highest BCUT2D eigenvalue weighted by Crippen LogP contribution is 2.31. The number of carbonyl (C=O) groups is 1. The number of H-pyrrole nitrogens is 1. The summed E-state index contributed by atoms with van der Waals surface area (Å²) in [6.07, 6.45) is 6.81. The fourth-order valence-electron chi connectivity index (χ4n) is 5.53. The first-order chi connectivity index (χ1) is 20.6. The molecular formula is C29H31N9O3S. The summed E-state index contributed by atoms with van der Waals surface area (Å²) in [5.41, 5.74) is 3.49. The minimum absolute atomic E-state index is 0.0723. The van der Waals surface area contributed by atoms with Crippen molar-refractivity contribution < 1.29 is 14.3 Å². The van der Waals surface area contributed by atoms with Crippen molar-refractivity contribution in [2.75, 3.05) is 62.3 Å². The molecule has 4 aromatic heterocycles. The fourth-order valence-corrected chi connectivity index (χ4v) is 6.55. The first-order valence-electron chi connectivity index (χ1n) is 14.1. The maximum atomic E-state index is 11.9. The number of piperazine rings is 1.